The number of hydrogen-bond acceptors (Lipinski definition) is 2. The third kappa shape index (κ3) is 3.67. The first-order chi connectivity index (χ1) is 8.66. The summed E-state index contributed by atoms with van der Waals surface area (Å²) in [6.07, 6.45) is 2.15. The normalized spacial score (nSPS) is 18.8. The molecule has 1 atom stereocenters. The molecule has 0 spiro atoms. The fraction of sp³-hybridized carbons (Fsp3) is 0.571. The zero-order chi connectivity index (χ0) is 13.0. The highest BCUT2D eigenvalue weighted by Crippen LogP contribution is 2.20. The highest BCUT2D eigenvalue weighted by molar-refractivity contribution is 6.30. The Morgan fingerprint density at radius 2 is 2.17 bits per heavy atom. The monoisotopic (exact) mass is 271 g/mol. The lowest BCUT2D eigenvalue weighted by Gasteiger charge is -2.28. The molecule has 0 bridgehead atoms. The molecule has 1 fully saturated rings. The van der Waals surface area contributed by atoms with E-state index >= 15 is 0 Å². The molecule has 4 heteroatoms. The second-order valence-corrected chi connectivity index (χ2v) is 5.29. The molecule has 1 aliphatic rings. The van der Waals surface area contributed by atoms with Gasteiger partial charge in [0.25, 0.3) is 0 Å². The van der Waals surface area contributed by atoms with Crippen LogP contribution < -0.4 is 5.32 Å². The summed E-state index contributed by atoms with van der Waals surface area (Å²) in [5.41, 5.74) is 0.626. The molecule has 1 unspecified atom stereocenters. The highest BCUT2D eigenvalue weighted by Gasteiger charge is 2.20. The molecule has 0 radical (unpaired) electrons. The summed E-state index contributed by atoms with van der Waals surface area (Å²) in [6, 6.07) is 5.04. The molecular formula is C14H19ClFNO. The minimum absolute atomic E-state index is 0.203. The quantitative estimate of drug-likeness (QED) is 0.906. The Kier molecular flexibility index (Phi) is 4.98. The maximum atomic E-state index is 13.5. The van der Waals surface area contributed by atoms with Crippen molar-refractivity contribution in [2.45, 2.75) is 32.4 Å². The van der Waals surface area contributed by atoms with E-state index in [9.17, 15) is 4.39 Å². The summed E-state index contributed by atoms with van der Waals surface area (Å²) in [7, 11) is 0. The topological polar surface area (TPSA) is 21.3 Å². The van der Waals surface area contributed by atoms with Gasteiger partial charge in [0.15, 0.2) is 0 Å². The molecule has 0 aliphatic carbocycles. The van der Waals surface area contributed by atoms with Crippen molar-refractivity contribution in [1.29, 1.82) is 0 Å². The molecule has 2 rings (SSSR count). The van der Waals surface area contributed by atoms with Crippen LogP contribution in [-0.2, 0) is 11.3 Å². The number of benzene rings is 1. The number of halogens is 2. The van der Waals surface area contributed by atoms with Crippen molar-refractivity contribution >= 4 is 11.6 Å². The maximum Gasteiger partial charge on any atom is 0.127 e. The van der Waals surface area contributed by atoms with E-state index in [1.807, 2.05) is 0 Å². The Labute approximate surface area is 112 Å². The van der Waals surface area contributed by atoms with E-state index in [0.29, 0.717) is 29.1 Å². The first kappa shape index (κ1) is 13.8. The van der Waals surface area contributed by atoms with Crippen LogP contribution in [-0.4, -0.2) is 19.3 Å². The average molecular weight is 272 g/mol. The van der Waals surface area contributed by atoms with Gasteiger partial charge in [-0.2, -0.15) is 0 Å². The average Bonchev–Trinajstić information content (AvgIpc) is 2.40. The van der Waals surface area contributed by atoms with E-state index in [-0.39, 0.29) is 5.82 Å². The Morgan fingerprint density at radius 3 is 2.89 bits per heavy atom. The van der Waals surface area contributed by atoms with E-state index in [2.05, 4.69) is 12.2 Å². The van der Waals surface area contributed by atoms with Crippen LogP contribution in [0, 0.1) is 11.7 Å². The minimum Gasteiger partial charge on any atom is -0.381 e. The molecule has 1 aromatic carbocycles. The van der Waals surface area contributed by atoms with Crippen LogP contribution in [0.3, 0.4) is 0 Å². The van der Waals surface area contributed by atoms with Crippen molar-refractivity contribution in [3.05, 3.63) is 34.6 Å². The summed E-state index contributed by atoms with van der Waals surface area (Å²) < 4.78 is 18.9. The molecule has 100 valence electrons. The van der Waals surface area contributed by atoms with Crippen LogP contribution in [0.15, 0.2) is 18.2 Å². The molecule has 1 saturated heterocycles. The second-order valence-electron chi connectivity index (χ2n) is 4.86. The molecule has 0 amide bonds. The van der Waals surface area contributed by atoms with Gasteiger partial charge in [0.05, 0.1) is 0 Å². The lowest BCUT2D eigenvalue weighted by Crippen LogP contribution is -2.36. The summed E-state index contributed by atoms with van der Waals surface area (Å²) in [6.45, 7) is 4.34. The highest BCUT2D eigenvalue weighted by atomic mass is 35.5. The maximum absolute atomic E-state index is 13.5. The SMILES string of the molecule is CC(NCc1cc(Cl)ccc1F)C1CCOCC1. The largest absolute Gasteiger partial charge is 0.381 e. The van der Waals surface area contributed by atoms with Crippen molar-refractivity contribution in [2.24, 2.45) is 5.92 Å². The van der Waals surface area contributed by atoms with Crippen LogP contribution in [0.1, 0.15) is 25.3 Å². The summed E-state index contributed by atoms with van der Waals surface area (Å²) in [4.78, 5) is 0. The van der Waals surface area contributed by atoms with Crippen LogP contribution in [0.25, 0.3) is 0 Å². The van der Waals surface area contributed by atoms with Crippen molar-refractivity contribution in [3.63, 3.8) is 0 Å². The molecular weight excluding hydrogens is 253 g/mol. The summed E-state index contributed by atoms with van der Waals surface area (Å²) in [5.74, 6) is 0.409. The first-order valence-electron chi connectivity index (χ1n) is 6.42. The van der Waals surface area contributed by atoms with Gasteiger partial charge in [0.2, 0.25) is 0 Å². The number of nitrogens with one attached hydrogen (secondary N) is 1. The number of ether oxygens (including phenoxy) is 1. The lowest BCUT2D eigenvalue weighted by atomic mass is 9.93. The van der Waals surface area contributed by atoms with E-state index in [0.717, 1.165) is 26.1 Å². The molecule has 1 aliphatic heterocycles. The molecule has 1 heterocycles. The Morgan fingerprint density at radius 1 is 1.44 bits per heavy atom. The van der Waals surface area contributed by atoms with E-state index in [1.54, 1.807) is 12.1 Å². The third-order valence-corrected chi connectivity index (χ3v) is 3.83. The lowest BCUT2D eigenvalue weighted by molar-refractivity contribution is 0.0557. The van der Waals surface area contributed by atoms with E-state index in [4.69, 9.17) is 16.3 Å². The number of rotatable bonds is 4. The van der Waals surface area contributed by atoms with Gasteiger partial charge in [-0.15, -0.1) is 0 Å². The van der Waals surface area contributed by atoms with Crippen LogP contribution in [0.4, 0.5) is 4.39 Å². The van der Waals surface area contributed by atoms with Crippen LogP contribution in [0.5, 0.6) is 0 Å². The molecule has 18 heavy (non-hydrogen) atoms. The summed E-state index contributed by atoms with van der Waals surface area (Å²) >= 11 is 5.87. The molecule has 0 aromatic heterocycles. The second kappa shape index (κ2) is 6.50. The number of hydrogen-bond donors (Lipinski definition) is 1. The van der Waals surface area contributed by atoms with Gasteiger partial charge in [-0.3, -0.25) is 0 Å². The fourth-order valence-electron chi connectivity index (χ4n) is 2.33. The minimum atomic E-state index is -0.203. The summed E-state index contributed by atoms with van der Waals surface area (Å²) in [5, 5.41) is 3.96. The third-order valence-electron chi connectivity index (χ3n) is 3.60. The van der Waals surface area contributed by atoms with Crippen molar-refractivity contribution < 1.29 is 9.13 Å². The van der Waals surface area contributed by atoms with Gasteiger partial charge in [-0.1, -0.05) is 11.6 Å². The van der Waals surface area contributed by atoms with Crippen molar-refractivity contribution in [3.8, 4) is 0 Å². The molecule has 2 nitrogen and oxygen atoms in total. The van der Waals surface area contributed by atoms with Crippen LogP contribution >= 0.6 is 11.6 Å². The zero-order valence-electron chi connectivity index (χ0n) is 10.6. The predicted molar refractivity (Wildman–Crippen MR) is 71.3 cm³/mol. The Bertz CT molecular complexity index is 393. The fourth-order valence-corrected chi connectivity index (χ4v) is 2.53. The molecule has 1 aromatic rings. The van der Waals surface area contributed by atoms with Crippen LogP contribution in [0.2, 0.25) is 5.02 Å². The van der Waals surface area contributed by atoms with Gasteiger partial charge >= 0.3 is 0 Å². The predicted octanol–water partition coefficient (Wildman–Crippen LogP) is 3.38. The van der Waals surface area contributed by atoms with Gasteiger partial charge in [0, 0.05) is 36.4 Å². The Balaban J connectivity index is 1.88. The molecule has 1 N–H and O–H groups in total. The van der Waals surface area contributed by atoms with E-state index in [1.165, 1.54) is 6.07 Å². The van der Waals surface area contributed by atoms with Crippen molar-refractivity contribution in [1.82, 2.24) is 5.32 Å². The van der Waals surface area contributed by atoms with E-state index < -0.39 is 0 Å². The van der Waals surface area contributed by atoms with Gasteiger partial charge in [-0.05, 0) is 43.9 Å². The zero-order valence-corrected chi connectivity index (χ0v) is 11.3. The van der Waals surface area contributed by atoms with Gasteiger partial charge in [0.1, 0.15) is 5.82 Å². The first-order valence-corrected chi connectivity index (χ1v) is 6.79. The molecule has 0 saturated carbocycles. The van der Waals surface area contributed by atoms with Crippen molar-refractivity contribution in [2.75, 3.05) is 13.2 Å². The van der Waals surface area contributed by atoms with Gasteiger partial charge in [-0.25, -0.2) is 4.39 Å². The standard InChI is InChI=1S/C14H19ClFNO/c1-10(11-4-6-18-7-5-11)17-9-12-8-13(15)2-3-14(12)16/h2-3,8,10-11,17H,4-7,9H2,1H3. The Hall–Kier alpha value is -0.640. The smallest absolute Gasteiger partial charge is 0.127 e. The van der Waals surface area contributed by atoms with Gasteiger partial charge < -0.3 is 10.1 Å².